The highest BCUT2D eigenvalue weighted by atomic mass is 16.6. The van der Waals surface area contributed by atoms with Crippen molar-refractivity contribution in [2.45, 2.75) is 13.0 Å². The number of hydrogen-bond donors (Lipinski definition) is 0. The average Bonchev–Trinajstić information content (AvgIpc) is 3.25. The fourth-order valence-corrected chi connectivity index (χ4v) is 2.41. The molecule has 0 aliphatic heterocycles. The van der Waals surface area contributed by atoms with E-state index in [1.54, 1.807) is 12.5 Å². The van der Waals surface area contributed by atoms with Gasteiger partial charge in [0.2, 0.25) is 0 Å². The van der Waals surface area contributed by atoms with E-state index in [1.807, 2.05) is 36.5 Å². The number of fused-ring (bicyclic) bond motifs is 1. The molecule has 0 amide bonds. The molecular weight excluding hydrogens is 268 g/mol. The lowest BCUT2D eigenvalue weighted by Gasteiger charge is -2.06. The molecule has 0 unspecified atom stereocenters. The third-order valence-corrected chi connectivity index (χ3v) is 3.42. The summed E-state index contributed by atoms with van der Waals surface area (Å²) in [6.45, 7) is 0.782. The standard InChI is InChI=1S/C15H12N4O2/c1-4-12(14-13(5-1)17-21-18-14)15-16-7-9-19(15)8-6-11-3-2-10-20-11/h1-5,7,9-10H,6,8H2. The fourth-order valence-electron chi connectivity index (χ4n) is 2.41. The van der Waals surface area contributed by atoms with Crippen LogP contribution in [0.4, 0.5) is 0 Å². The number of aromatic nitrogens is 4. The van der Waals surface area contributed by atoms with Crippen LogP contribution >= 0.6 is 0 Å². The maximum absolute atomic E-state index is 5.36. The van der Waals surface area contributed by atoms with E-state index in [-0.39, 0.29) is 0 Å². The molecule has 104 valence electrons. The summed E-state index contributed by atoms with van der Waals surface area (Å²) in [6.07, 6.45) is 6.23. The van der Waals surface area contributed by atoms with Gasteiger partial charge in [-0.3, -0.25) is 0 Å². The van der Waals surface area contributed by atoms with Crippen LogP contribution in [-0.2, 0) is 13.0 Å². The van der Waals surface area contributed by atoms with Crippen molar-refractivity contribution in [1.82, 2.24) is 19.9 Å². The zero-order chi connectivity index (χ0) is 14.1. The van der Waals surface area contributed by atoms with Gasteiger partial charge < -0.3 is 8.98 Å². The minimum atomic E-state index is 0.725. The molecular formula is C15H12N4O2. The summed E-state index contributed by atoms with van der Waals surface area (Å²) in [5.41, 5.74) is 2.37. The van der Waals surface area contributed by atoms with Crippen molar-refractivity contribution >= 4 is 11.0 Å². The van der Waals surface area contributed by atoms with Crippen LogP contribution < -0.4 is 0 Å². The van der Waals surface area contributed by atoms with Gasteiger partial charge in [-0.15, -0.1) is 0 Å². The number of aryl methyl sites for hydroxylation is 2. The van der Waals surface area contributed by atoms with Gasteiger partial charge in [-0.1, -0.05) is 6.07 Å². The fraction of sp³-hybridized carbons (Fsp3) is 0.133. The Labute approximate surface area is 120 Å². The molecule has 0 aliphatic carbocycles. The Bertz CT molecular complexity index is 861. The molecule has 6 heteroatoms. The van der Waals surface area contributed by atoms with Gasteiger partial charge in [0.05, 0.1) is 6.26 Å². The number of benzene rings is 1. The predicted octanol–water partition coefficient (Wildman–Crippen LogP) is 2.92. The number of nitrogens with zero attached hydrogens (tertiary/aromatic N) is 4. The smallest absolute Gasteiger partial charge is 0.146 e. The van der Waals surface area contributed by atoms with E-state index in [0.29, 0.717) is 0 Å². The quantitative estimate of drug-likeness (QED) is 0.575. The molecule has 0 aliphatic rings. The molecule has 0 fully saturated rings. The van der Waals surface area contributed by atoms with Gasteiger partial charge in [0.15, 0.2) is 0 Å². The summed E-state index contributed by atoms with van der Waals surface area (Å²) < 4.78 is 12.2. The highest BCUT2D eigenvalue weighted by molar-refractivity contribution is 5.88. The van der Waals surface area contributed by atoms with Crippen molar-refractivity contribution in [2.75, 3.05) is 0 Å². The molecule has 0 spiro atoms. The lowest BCUT2D eigenvalue weighted by atomic mass is 10.1. The van der Waals surface area contributed by atoms with Crippen LogP contribution in [0.25, 0.3) is 22.4 Å². The van der Waals surface area contributed by atoms with Crippen LogP contribution in [0.2, 0.25) is 0 Å². The second kappa shape index (κ2) is 4.90. The van der Waals surface area contributed by atoms with Crippen LogP contribution in [0, 0.1) is 0 Å². The van der Waals surface area contributed by atoms with Crippen LogP contribution in [-0.4, -0.2) is 19.9 Å². The molecule has 0 saturated heterocycles. The second-order valence-electron chi connectivity index (χ2n) is 4.71. The number of hydrogen-bond acceptors (Lipinski definition) is 5. The molecule has 1 aromatic carbocycles. The number of imidazole rings is 1. The molecule has 4 aromatic rings. The summed E-state index contributed by atoms with van der Waals surface area (Å²) in [6, 6.07) is 9.63. The van der Waals surface area contributed by atoms with Crippen molar-refractivity contribution in [1.29, 1.82) is 0 Å². The summed E-state index contributed by atoms with van der Waals surface area (Å²) >= 11 is 0. The Morgan fingerprint density at radius 1 is 1.10 bits per heavy atom. The third kappa shape index (κ3) is 2.10. The first-order valence-electron chi connectivity index (χ1n) is 6.67. The zero-order valence-electron chi connectivity index (χ0n) is 11.1. The largest absolute Gasteiger partial charge is 0.469 e. The molecule has 4 rings (SSSR count). The van der Waals surface area contributed by atoms with E-state index >= 15 is 0 Å². The minimum absolute atomic E-state index is 0.725. The Hall–Kier alpha value is -2.89. The van der Waals surface area contributed by atoms with Gasteiger partial charge >= 0.3 is 0 Å². The number of furan rings is 1. The second-order valence-corrected chi connectivity index (χ2v) is 4.71. The van der Waals surface area contributed by atoms with E-state index < -0.39 is 0 Å². The van der Waals surface area contributed by atoms with Crippen molar-refractivity contribution < 1.29 is 9.05 Å². The molecule has 6 nitrogen and oxygen atoms in total. The molecule has 3 heterocycles. The molecule has 0 saturated carbocycles. The van der Waals surface area contributed by atoms with Crippen molar-refractivity contribution in [3.05, 3.63) is 54.7 Å². The van der Waals surface area contributed by atoms with Gasteiger partial charge in [-0.2, -0.15) is 0 Å². The molecule has 21 heavy (non-hydrogen) atoms. The van der Waals surface area contributed by atoms with Crippen LogP contribution in [0.5, 0.6) is 0 Å². The summed E-state index contributed by atoms with van der Waals surface area (Å²) in [7, 11) is 0. The maximum atomic E-state index is 5.36. The first-order chi connectivity index (χ1) is 10.4. The lowest BCUT2D eigenvalue weighted by Crippen LogP contribution is -2.02. The monoisotopic (exact) mass is 280 g/mol. The van der Waals surface area contributed by atoms with Crippen molar-refractivity contribution in [2.24, 2.45) is 0 Å². The van der Waals surface area contributed by atoms with E-state index in [1.165, 1.54) is 0 Å². The summed E-state index contributed by atoms with van der Waals surface area (Å²) in [5, 5.41) is 7.84. The van der Waals surface area contributed by atoms with Gasteiger partial charge in [0.25, 0.3) is 0 Å². The van der Waals surface area contributed by atoms with Crippen LogP contribution in [0.3, 0.4) is 0 Å². The highest BCUT2D eigenvalue weighted by Gasteiger charge is 2.13. The Kier molecular flexibility index (Phi) is 2.77. The van der Waals surface area contributed by atoms with E-state index in [2.05, 4.69) is 19.9 Å². The van der Waals surface area contributed by atoms with Gasteiger partial charge in [0, 0.05) is 30.9 Å². The summed E-state index contributed by atoms with van der Waals surface area (Å²) in [4.78, 5) is 4.44. The lowest BCUT2D eigenvalue weighted by molar-refractivity contribution is 0.315. The maximum Gasteiger partial charge on any atom is 0.146 e. The molecule has 3 aromatic heterocycles. The molecule has 0 atom stereocenters. The Morgan fingerprint density at radius 3 is 3.00 bits per heavy atom. The van der Waals surface area contributed by atoms with Gasteiger partial charge in [-0.05, 0) is 34.6 Å². The number of rotatable bonds is 4. The highest BCUT2D eigenvalue weighted by Crippen LogP contribution is 2.25. The average molecular weight is 280 g/mol. The predicted molar refractivity (Wildman–Crippen MR) is 75.4 cm³/mol. The van der Waals surface area contributed by atoms with E-state index in [0.717, 1.165) is 41.1 Å². The van der Waals surface area contributed by atoms with Gasteiger partial charge in [0.1, 0.15) is 22.6 Å². The Morgan fingerprint density at radius 2 is 2.10 bits per heavy atom. The molecule has 0 bridgehead atoms. The van der Waals surface area contributed by atoms with Gasteiger partial charge in [-0.25, -0.2) is 9.61 Å². The SMILES string of the molecule is c1coc(CCn2ccnc2-c2cccc3nonc23)c1. The molecule has 0 N–H and O–H groups in total. The summed E-state index contributed by atoms with van der Waals surface area (Å²) in [5.74, 6) is 1.80. The van der Waals surface area contributed by atoms with Crippen molar-refractivity contribution in [3.63, 3.8) is 0 Å². The molecule has 0 radical (unpaired) electrons. The zero-order valence-corrected chi connectivity index (χ0v) is 11.1. The first kappa shape index (κ1) is 11.9. The topological polar surface area (TPSA) is 69.9 Å². The van der Waals surface area contributed by atoms with Crippen LogP contribution in [0.15, 0.2) is 58.0 Å². The normalized spacial score (nSPS) is 11.2. The van der Waals surface area contributed by atoms with E-state index in [4.69, 9.17) is 9.05 Å². The van der Waals surface area contributed by atoms with E-state index in [9.17, 15) is 0 Å². The minimum Gasteiger partial charge on any atom is -0.469 e. The Balaban J connectivity index is 1.70. The first-order valence-corrected chi connectivity index (χ1v) is 6.67. The third-order valence-electron chi connectivity index (χ3n) is 3.42. The van der Waals surface area contributed by atoms with Crippen molar-refractivity contribution in [3.8, 4) is 11.4 Å². The van der Waals surface area contributed by atoms with Crippen LogP contribution in [0.1, 0.15) is 5.76 Å².